The maximum Gasteiger partial charge on any atom is 0.124 e. The predicted molar refractivity (Wildman–Crippen MR) is 80.5 cm³/mol. The van der Waals surface area contributed by atoms with Crippen LogP contribution < -0.4 is 14.8 Å². The fourth-order valence-electron chi connectivity index (χ4n) is 2.16. The molecule has 1 aliphatic rings. The van der Waals surface area contributed by atoms with Crippen LogP contribution in [0.25, 0.3) is 0 Å². The summed E-state index contributed by atoms with van der Waals surface area (Å²) >= 11 is 0. The van der Waals surface area contributed by atoms with Gasteiger partial charge in [0.15, 0.2) is 0 Å². The van der Waals surface area contributed by atoms with Gasteiger partial charge in [-0.1, -0.05) is 6.07 Å². The molecule has 1 fully saturated rings. The summed E-state index contributed by atoms with van der Waals surface area (Å²) in [6.07, 6.45) is 4.27. The molecule has 0 amide bonds. The molecule has 1 aromatic heterocycles. The van der Waals surface area contributed by atoms with Gasteiger partial charge in [-0.25, -0.2) is 0 Å². The number of furan rings is 1. The van der Waals surface area contributed by atoms with Gasteiger partial charge < -0.3 is 19.2 Å². The maximum atomic E-state index is 5.83. The van der Waals surface area contributed by atoms with Gasteiger partial charge in [0.1, 0.15) is 23.9 Å². The number of hydrogen-bond donors (Lipinski definition) is 1. The number of nitrogens with one attached hydrogen (secondary N) is 1. The third-order valence-electron chi connectivity index (χ3n) is 3.48. The Balaban J connectivity index is 1.56. The zero-order valence-electron chi connectivity index (χ0n) is 12.3. The number of rotatable bonds is 8. The molecule has 4 heteroatoms. The van der Waals surface area contributed by atoms with E-state index in [0.717, 1.165) is 29.4 Å². The van der Waals surface area contributed by atoms with E-state index in [1.165, 1.54) is 12.8 Å². The second kappa shape index (κ2) is 6.68. The van der Waals surface area contributed by atoms with E-state index in [4.69, 9.17) is 13.9 Å². The summed E-state index contributed by atoms with van der Waals surface area (Å²) in [5.74, 6) is 2.60. The van der Waals surface area contributed by atoms with Crippen molar-refractivity contribution in [3.05, 3.63) is 47.9 Å². The normalized spacial score (nSPS) is 14.1. The van der Waals surface area contributed by atoms with Gasteiger partial charge in [-0.2, -0.15) is 0 Å². The second-order valence-electron chi connectivity index (χ2n) is 5.22. The van der Waals surface area contributed by atoms with Crippen LogP contribution in [0.4, 0.5) is 0 Å². The molecule has 21 heavy (non-hydrogen) atoms. The average molecular weight is 287 g/mol. The van der Waals surface area contributed by atoms with E-state index in [1.807, 2.05) is 37.3 Å². The van der Waals surface area contributed by atoms with E-state index in [0.29, 0.717) is 19.3 Å². The Morgan fingerprint density at radius 2 is 2.00 bits per heavy atom. The van der Waals surface area contributed by atoms with Crippen molar-refractivity contribution < 1.29 is 13.9 Å². The summed E-state index contributed by atoms with van der Waals surface area (Å²) < 4.78 is 16.8. The minimum Gasteiger partial charge on any atom is -0.494 e. The molecular weight excluding hydrogens is 266 g/mol. The van der Waals surface area contributed by atoms with Crippen LogP contribution in [0.2, 0.25) is 0 Å². The van der Waals surface area contributed by atoms with Crippen LogP contribution in [-0.2, 0) is 13.2 Å². The highest BCUT2D eigenvalue weighted by atomic mass is 16.5. The molecule has 0 bridgehead atoms. The molecule has 112 valence electrons. The first-order chi connectivity index (χ1) is 10.3. The van der Waals surface area contributed by atoms with E-state index >= 15 is 0 Å². The van der Waals surface area contributed by atoms with Crippen molar-refractivity contribution in [1.82, 2.24) is 5.32 Å². The molecule has 0 aliphatic heterocycles. The lowest BCUT2D eigenvalue weighted by Gasteiger charge is -2.09. The molecule has 0 unspecified atom stereocenters. The number of hydrogen-bond acceptors (Lipinski definition) is 4. The summed E-state index contributed by atoms with van der Waals surface area (Å²) in [4.78, 5) is 0. The minimum absolute atomic E-state index is 0.508. The lowest BCUT2D eigenvalue weighted by Crippen LogP contribution is -2.16. The van der Waals surface area contributed by atoms with Gasteiger partial charge in [-0.15, -0.1) is 0 Å². The SMILES string of the molecule is CCOc1cccc(OCc2ccoc2CNC2CC2)c1. The van der Waals surface area contributed by atoms with Crippen LogP contribution in [0.5, 0.6) is 11.5 Å². The molecule has 1 aliphatic carbocycles. The highest BCUT2D eigenvalue weighted by Crippen LogP contribution is 2.23. The summed E-state index contributed by atoms with van der Waals surface area (Å²) in [5.41, 5.74) is 1.09. The Bertz CT molecular complexity index is 575. The molecule has 0 saturated heterocycles. The van der Waals surface area contributed by atoms with Crippen molar-refractivity contribution in [2.24, 2.45) is 0 Å². The Hall–Kier alpha value is -1.94. The molecule has 0 spiro atoms. The van der Waals surface area contributed by atoms with Crippen molar-refractivity contribution in [2.45, 2.75) is 39.0 Å². The first kappa shape index (κ1) is 14.0. The molecule has 1 aromatic carbocycles. The molecule has 3 rings (SSSR count). The lowest BCUT2D eigenvalue weighted by molar-refractivity contribution is 0.295. The van der Waals surface area contributed by atoms with Gasteiger partial charge in [0.25, 0.3) is 0 Å². The van der Waals surface area contributed by atoms with E-state index < -0.39 is 0 Å². The summed E-state index contributed by atoms with van der Waals surface area (Å²) in [5, 5.41) is 3.45. The van der Waals surface area contributed by atoms with Crippen molar-refractivity contribution in [1.29, 1.82) is 0 Å². The second-order valence-corrected chi connectivity index (χ2v) is 5.22. The molecule has 2 aromatic rings. The van der Waals surface area contributed by atoms with Gasteiger partial charge in [-0.3, -0.25) is 0 Å². The molecule has 1 saturated carbocycles. The highest BCUT2D eigenvalue weighted by molar-refractivity contribution is 5.33. The zero-order valence-corrected chi connectivity index (χ0v) is 12.3. The third-order valence-corrected chi connectivity index (χ3v) is 3.48. The predicted octanol–water partition coefficient (Wildman–Crippen LogP) is 3.51. The Kier molecular flexibility index (Phi) is 4.46. The Morgan fingerprint density at radius 3 is 2.76 bits per heavy atom. The molecule has 1 N–H and O–H groups in total. The topological polar surface area (TPSA) is 43.6 Å². The van der Waals surface area contributed by atoms with Crippen LogP contribution in [0.15, 0.2) is 41.0 Å². The number of ether oxygens (including phenoxy) is 2. The van der Waals surface area contributed by atoms with E-state index in [2.05, 4.69) is 5.32 Å². The summed E-state index contributed by atoms with van der Waals surface area (Å²) in [7, 11) is 0. The fourth-order valence-corrected chi connectivity index (χ4v) is 2.16. The minimum atomic E-state index is 0.508. The lowest BCUT2D eigenvalue weighted by atomic mass is 10.2. The van der Waals surface area contributed by atoms with Crippen LogP contribution in [0.1, 0.15) is 31.1 Å². The van der Waals surface area contributed by atoms with Crippen molar-refractivity contribution in [2.75, 3.05) is 6.61 Å². The van der Waals surface area contributed by atoms with E-state index in [9.17, 15) is 0 Å². The highest BCUT2D eigenvalue weighted by Gasteiger charge is 2.21. The fraction of sp³-hybridized carbons (Fsp3) is 0.412. The quantitative estimate of drug-likeness (QED) is 0.807. The summed E-state index contributed by atoms with van der Waals surface area (Å²) in [6, 6.07) is 10.4. The van der Waals surface area contributed by atoms with Crippen molar-refractivity contribution >= 4 is 0 Å². The van der Waals surface area contributed by atoms with Gasteiger partial charge in [0, 0.05) is 17.7 Å². The maximum absolute atomic E-state index is 5.83. The largest absolute Gasteiger partial charge is 0.494 e. The first-order valence-corrected chi connectivity index (χ1v) is 7.49. The summed E-state index contributed by atoms with van der Waals surface area (Å²) in [6.45, 7) is 3.91. The first-order valence-electron chi connectivity index (χ1n) is 7.49. The Morgan fingerprint density at radius 1 is 1.19 bits per heavy atom. The molecular formula is C17H21NO3. The van der Waals surface area contributed by atoms with Crippen LogP contribution >= 0.6 is 0 Å². The molecule has 0 atom stereocenters. The number of benzene rings is 1. The van der Waals surface area contributed by atoms with Gasteiger partial charge >= 0.3 is 0 Å². The monoisotopic (exact) mass is 287 g/mol. The zero-order chi connectivity index (χ0) is 14.5. The third kappa shape index (κ3) is 4.02. The smallest absolute Gasteiger partial charge is 0.124 e. The van der Waals surface area contributed by atoms with E-state index in [-0.39, 0.29) is 0 Å². The van der Waals surface area contributed by atoms with Crippen LogP contribution in [0.3, 0.4) is 0 Å². The molecule has 1 heterocycles. The van der Waals surface area contributed by atoms with Crippen molar-refractivity contribution in [3.8, 4) is 11.5 Å². The van der Waals surface area contributed by atoms with Gasteiger partial charge in [-0.05, 0) is 38.0 Å². The standard InChI is InChI=1S/C17H21NO3/c1-2-19-15-4-3-5-16(10-15)21-12-13-8-9-20-17(13)11-18-14-6-7-14/h3-5,8-10,14,18H,2,6-7,11-12H2,1H3. The Labute approximate surface area is 125 Å². The molecule has 0 radical (unpaired) electrons. The van der Waals surface area contributed by atoms with Crippen molar-refractivity contribution in [3.63, 3.8) is 0 Å². The van der Waals surface area contributed by atoms with E-state index in [1.54, 1.807) is 6.26 Å². The van der Waals surface area contributed by atoms with Gasteiger partial charge in [0.2, 0.25) is 0 Å². The molecule has 4 nitrogen and oxygen atoms in total. The van der Waals surface area contributed by atoms with Gasteiger partial charge in [0.05, 0.1) is 19.4 Å². The van der Waals surface area contributed by atoms with Crippen LogP contribution in [-0.4, -0.2) is 12.6 Å². The van der Waals surface area contributed by atoms with Crippen LogP contribution in [0, 0.1) is 0 Å². The average Bonchev–Trinajstić information content (AvgIpc) is 3.22.